The maximum absolute atomic E-state index is 10.8. The molecule has 19 heavy (non-hydrogen) atoms. The Morgan fingerprint density at radius 3 is 2.53 bits per heavy atom. The van der Waals surface area contributed by atoms with Crippen LogP contribution in [0.3, 0.4) is 0 Å². The van der Waals surface area contributed by atoms with Crippen LogP contribution in [0.25, 0.3) is 11.1 Å². The Labute approximate surface area is 111 Å². The van der Waals surface area contributed by atoms with Crippen molar-refractivity contribution >= 4 is 5.97 Å². The molecule has 1 aliphatic carbocycles. The molecule has 2 aromatic carbocycles. The van der Waals surface area contributed by atoms with E-state index >= 15 is 0 Å². The van der Waals surface area contributed by atoms with Crippen LogP contribution in [0.15, 0.2) is 42.5 Å². The van der Waals surface area contributed by atoms with E-state index in [1.54, 1.807) is 13.0 Å². The second-order valence-electron chi connectivity index (χ2n) is 5.07. The highest BCUT2D eigenvalue weighted by atomic mass is 16.4. The van der Waals surface area contributed by atoms with Crippen LogP contribution in [0.5, 0.6) is 0 Å². The monoisotopic (exact) mass is 254 g/mol. The molecule has 96 valence electrons. The Morgan fingerprint density at radius 2 is 1.79 bits per heavy atom. The highest BCUT2D eigenvalue weighted by Gasteiger charge is 2.37. The molecule has 1 aliphatic rings. The van der Waals surface area contributed by atoms with Gasteiger partial charge in [-0.25, -0.2) is 0 Å². The van der Waals surface area contributed by atoms with Crippen molar-refractivity contribution < 1.29 is 15.0 Å². The highest BCUT2D eigenvalue weighted by Crippen LogP contribution is 2.47. The predicted octanol–water partition coefficient (Wildman–Crippen LogP) is 2.55. The third-order valence-corrected chi connectivity index (χ3v) is 3.71. The number of rotatable bonds is 2. The summed E-state index contributed by atoms with van der Waals surface area (Å²) in [5.74, 6) is -0.866. The molecular weight excluding hydrogens is 240 g/mol. The number of hydrogen-bond acceptors (Lipinski definition) is 2. The van der Waals surface area contributed by atoms with Crippen molar-refractivity contribution in [3.8, 4) is 11.1 Å². The van der Waals surface area contributed by atoms with Crippen LogP contribution in [0, 0.1) is 0 Å². The lowest BCUT2D eigenvalue weighted by atomic mass is 9.92. The molecule has 0 saturated heterocycles. The first-order valence-electron chi connectivity index (χ1n) is 6.17. The van der Waals surface area contributed by atoms with Gasteiger partial charge in [-0.05, 0) is 34.7 Å². The van der Waals surface area contributed by atoms with Gasteiger partial charge < -0.3 is 10.2 Å². The normalized spacial score (nSPS) is 19.9. The van der Waals surface area contributed by atoms with Gasteiger partial charge in [0, 0.05) is 0 Å². The Kier molecular flexibility index (Phi) is 2.47. The minimum Gasteiger partial charge on any atom is -0.481 e. The molecule has 0 heterocycles. The molecule has 0 spiro atoms. The lowest BCUT2D eigenvalue weighted by molar-refractivity contribution is -0.136. The van der Waals surface area contributed by atoms with Crippen LogP contribution in [0.1, 0.15) is 23.6 Å². The first kappa shape index (κ1) is 11.9. The van der Waals surface area contributed by atoms with E-state index < -0.39 is 11.6 Å². The predicted molar refractivity (Wildman–Crippen MR) is 71.9 cm³/mol. The number of aliphatic hydroxyl groups is 1. The number of hydrogen-bond donors (Lipinski definition) is 2. The standard InChI is InChI=1S/C16H14O3/c1-16(19)13-5-3-2-4-11(13)12-7-6-10(8-14(12)16)9-15(17)18/h2-8,19H,9H2,1H3,(H,17,18). The quantitative estimate of drug-likeness (QED) is 0.866. The van der Waals surface area contributed by atoms with Gasteiger partial charge in [0.25, 0.3) is 0 Å². The van der Waals surface area contributed by atoms with E-state index in [-0.39, 0.29) is 6.42 Å². The summed E-state index contributed by atoms with van der Waals surface area (Å²) in [4.78, 5) is 10.8. The SMILES string of the molecule is CC1(O)c2ccccc2-c2ccc(CC(=O)O)cc21. The summed E-state index contributed by atoms with van der Waals surface area (Å²) in [6.45, 7) is 1.75. The molecule has 0 aliphatic heterocycles. The fourth-order valence-corrected chi connectivity index (χ4v) is 2.80. The van der Waals surface area contributed by atoms with Gasteiger partial charge in [-0.2, -0.15) is 0 Å². The van der Waals surface area contributed by atoms with Gasteiger partial charge in [-0.15, -0.1) is 0 Å². The van der Waals surface area contributed by atoms with Crippen LogP contribution in [-0.4, -0.2) is 16.2 Å². The first-order valence-corrected chi connectivity index (χ1v) is 6.17. The van der Waals surface area contributed by atoms with Crippen molar-refractivity contribution in [1.29, 1.82) is 0 Å². The summed E-state index contributed by atoms with van der Waals surface area (Å²) in [5, 5.41) is 19.6. The van der Waals surface area contributed by atoms with E-state index in [1.165, 1.54) is 0 Å². The second-order valence-corrected chi connectivity index (χ2v) is 5.07. The summed E-state index contributed by atoms with van der Waals surface area (Å²) in [6.07, 6.45) is -0.0281. The molecule has 0 amide bonds. The van der Waals surface area contributed by atoms with E-state index in [0.717, 1.165) is 22.3 Å². The van der Waals surface area contributed by atoms with Crippen molar-refractivity contribution in [3.05, 3.63) is 59.2 Å². The number of carbonyl (C=O) groups is 1. The van der Waals surface area contributed by atoms with Crippen molar-refractivity contribution in [3.63, 3.8) is 0 Å². The summed E-state index contributed by atoms with van der Waals surface area (Å²) >= 11 is 0. The zero-order valence-electron chi connectivity index (χ0n) is 10.6. The average Bonchev–Trinajstić information content (AvgIpc) is 2.59. The lowest BCUT2D eigenvalue weighted by Crippen LogP contribution is -2.19. The van der Waals surface area contributed by atoms with E-state index in [1.807, 2.05) is 36.4 Å². The van der Waals surface area contributed by atoms with Gasteiger partial charge in [0.05, 0.1) is 6.42 Å². The van der Waals surface area contributed by atoms with Crippen LogP contribution < -0.4 is 0 Å². The van der Waals surface area contributed by atoms with E-state index in [0.29, 0.717) is 5.56 Å². The molecule has 0 aromatic heterocycles. The van der Waals surface area contributed by atoms with Crippen molar-refractivity contribution in [2.45, 2.75) is 18.9 Å². The van der Waals surface area contributed by atoms with Crippen LogP contribution in [0.2, 0.25) is 0 Å². The molecule has 0 radical (unpaired) electrons. The van der Waals surface area contributed by atoms with Gasteiger partial charge in [0.2, 0.25) is 0 Å². The third-order valence-electron chi connectivity index (χ3n) is 3.71. The third kappa shape index (κ3) is 1.74. The molecule has 0 bridgehead atoms. The van der Waals surface area contributed by atoms with Gasteiger partial charge in [-0.1, -0.05) is 42.5 Å². The Hall–Kier alpha value is -2.13. The van der Waals surface area contributed by atoms with Crippen LogP contribution >= 0.6 is 0 Å². The van der Waals surface area contributed by atoms with Gasteiger partial charge in [0.15, 0.2) is 0 Å². The van der Waals surface area contributed by atoms with E-state index in [9.17, 15) is 9.90 Å². The second kappa shape index (κ2) is 3.93. The molecule has 1 atom stereocenters. The summed E-state index contributed by atoms with van der Waals surface area (Å²) in [6, 6.07) is 13.2. The summed E-state index contributed by atoms with van der Waals surface area (Å²) in [5.41, 5.74) is 3.31. The Balaban J connectivity index is 2.18. The zero-order chi connectivity index (χ0) is 13.6. The smallest absolute Gasteiger partial charge is 0.307 e. The molecule has 1 unspecified atom stereocenters. The van der Waals surface area contributed by atoms with Crippen molar-refractivity contribution in [2.75, 3.05) is 0 Å². The Bertz CT molecular complexity index is 671. The molecule has 3 rings (SSSR count). The molecule has 0 fully saturated rings. The molecule has 3 nitrogen and oxygen atoms in total. The number of aliphatic carboxylic acids is 1. The largest absolute Gasteiger partial charge is 0.481 e. The first-order chi connectivity index (χ1) is 9.00. The van der Waals surface area contributed by atoms with Crippen LogP contribution in [0.4, 0.5) is 0 Å². The van der Waals surface area contributed by atoms with Crippen molar-refractivity contribution in [2.24, 2.45) is 0 Å². The molecule has 2 aromatic rings. The van der Waals surface area contributed by atoms with Crippen molar-refractivity contribution in [1.82, 2.24) is 0 Å². The molecular formula is C16H14O3. The van der Waals surface area contributed by atoms with E-state index in [4.69, 9.17) is 5.11 Å². The molecule has 2 N–H and O–H groups in total. The Morgan fingerprint density at radius 1 is 1.11 bits per heavy atom. The maximum Gasteiger partial charge on any atom is 0.307 e. The summed E-state index contributed by atoms with van der Waals surface area (Å²) in [7, 11) is 0. The number of fused-ring (bicyclic) bond motifs is 3. The maximum atomic E-state index is 10.8. The number of carboxylic acid groups (broad SMARTS) is 1. The minimum absolute atomic E-state index is 0.0281. The fraction of sp³-hybridized carbons (Fsp3) is 0.188. The summed E-state index contributed by atoms with van der Waals surface area (Å²) < 4.78 is 0. The highest BCUT2D eigenvalue weighted by molar-refractivity contribution is 5.81. The fourth-order valence-electron chi connectivity index (χ4n) is 2.80. The van der Waals surface area contributed by atoms with Gasteiger partial charge in [0.1, 0.15) is 5.60 Å². The van der Waals surface area contributed by atoms with E-state index in [2.05, 4.69) is 0 Å². The minimum atomic E-state index is -1.06. The number of benzene rings is 2. The molecule has 0 saturated carbocycles. The number of carboxylic acids is 1. The average molecular weight is 254 g/mol. The van der Waals surface area contributed by atoms with Crippen LogP contribution in [-0.2, 0) is 16.8 Å². The van der Waals surface area contributed by atoms with Gasteiger partial charge in [-0.3, -0.25) is 4.79 Å². The topological polar surface area (TPSA) is 57.5 Å². The van der Waals surface area contributed by atoms with Gasteiger partial charge >= 0.3 is 5.97 Å². The molecule has 3 heteroatoms. The lowest BCUT2D eigenvalue weighted by Gasteiger charge is -2.20. The zero-order valence-corrected chi connectivity index (χ0v) is 10.6.